The van der Waals surface area contributed by atoms with E-state index in [9.17, 15) is 9.59 Å². The predicted molar refractivity (Wildman–Crippen MR) is 261 cm³/mol. The van der Waals surface area contributed by atoms with Crippen LogP contribution in [0.3, 0.4) is 0 Å². The minimum absolute atomic E-state index is 0.0823. The van der Waals surface area contributed by atoms with E-state index in [1.165, 1.54) is 186 Å². The molecule has 0 aliphatic carbocycles. The SMILES string of the molecule is CCCC/C=C\CCCCCCCC(=O)O[C@H](COCCCCCCCCCCCCCCCCCC)COC(=O)CCCCCCCCC/C=C\C/C=C\CCCCC. The van der Waals surface area contributed by atoms with E-state index in [4.69, 9.17) is 14.2 Å². The first kappa shape index (κ1) is 58.1. The number of ether oxygens (including phenoxy) is 3. The number of unbranched alkanes of at least 4 members (excludes halogenated alkanes) is 32. The van der Waals surface area contributed by atoms with Crippen LogP contribution in [0, 0.1) is 0 Å². The first-order valence-corrected chi connectivity index (χ1v) is 26.5. The van der Waals surface area contributed by atoms with Gasteiger partial charge < -0.3 is 14.2 Å². The predicted octanol–water partition coefficient (Wildman–Crippen LogP) is 17.8. The molecule has 352 valence electrons. The molecule has 5 nitrogen and oxygen atoms in total. The van der Waals surface area contributed by atoms with E-state index in [0.717, 1.165) is 57.8 Å². The van der Waals surface area contributed by atoms with Gasteiger partial charge in [-0.3, -0.25) is 9.59 Å². The minimum Gasteiger partial charge on any atom is -0.462 e. The lowest BCUT2D eigenvalue weighted by atomic mass is 10.0. The molecule has 60 heavy (non-hydrogen) atoms. The van der Waals surface area contributed by atoms with Gasteiger partial charge in [-0.05, 0) is 70.6 Å². The van der Waals surface area contributed by atoms with Crippen LogP contribution in [0.15, 0.2) is 36.5 Å². The van der Waals surface area contributed by atoms with Gasteiger partial charge in [0.15, 0.2) is 6.10 Å². The van der Waals surface area contributed by atoms with Crippen LogP contribution in [0.5, 0.6) is 0 Å². The van der Waals surface area contributed by atoms with E-state index >= 15 is 0 Å². The van der Waals surface area contributed by atoms with Gasteiger partial charge >= 0.3 is 11.9 Å². The summed E-state index contributed by atoms with van der Waals surface area (Å²) >= 11 is 0. The molecule has 0 aromatic carbocycles. The van der Waals surface area contributed by atoms with Crippen molar-refractivity contribution in [1.29, 1.82) is 0 Å². The van der Waals surface area contributed by atoms with E-state index in [1.807, 2.05) is 0 Å². The van der Waals surface area contributed by atoms with Crippen LogP contribution in [0.25, 0.3) is 0 Å². The Morgan fingerprint density at radius 1 is 0.367 bits per heavy atom. The first-order valence-electron chi connectivity index (χ1n) is 26.5. The van der Waals surface area contributed by atoms with E-state index in [-0.39, 0.29) is 25.2 Å². The van der Waals surface area contributed by atoms with Crippen LogP contribution < -0.4 is 0 Å². The lowest BCUT2D eigenvalue weighted by Crippen LogP contribution is -2.30. The second-order valence-corrected chi connectivity index (χ2v) is 17.8. The number of allylic oxidation sites excluding steroid dienone is 6. The lowest BCUT2D eigenvalue weighted by Gasteiger charge is -2.18. The highest BCUT2D eigenvalue weighted by Gasteiger charge is 2.17. The fourth-order valence-electron chi connectivity index (χ4n) is 7.64. The summed E-state index contributed by atoms with van der Waals surface area (Å²) in [6.07, 6.45) is 61.5. The monoisotopic (exact) mass is 843 g/mol. The number of rotatable bonds is 49. The van der Waals surface area contributed by atoms with Crippen molar-refractivity contribution < 1.29 is 23.8 Å². The Balaban J connectivity index is 4.21. The Morgan fingerprint density at radius 2 is 0.717 bits per heavy atom. The topological polar surface area (TPSA) is 61.8 Å². The van der Waals surface area contributed by atoms with Crippen LogP contribution in [0.4, 0.5) is 0 Å². The molecule has 0 aliphatic rings. The standard InChI is InChI=1S/C55H102O5/c1-4-7-10-13-16-19-22-24-26-28-29-31-34-36-39-42-45-48-54(56)59-52-53(60-55(57)49-46-43-40-37-33-21-18-15-12-9-6-3)51-58-50-47-44-41-38-35-32-30-27-25-23-20-17-14-11-8-5-2/h15-16,18-19,24,26,53H,4-14,17,20-23,25,27-52H2,1-3H3/b18-15-,19-16-,26-24-/t53-/m1/s1. The highest BCUT2D eigenvalue weighted by atomic mass is 16.6. The molecule has 0 radical (unpaired) electrons. The molecule has 0 bridgehead atoms. The van der Waals surface area contributed by atoms with Crippen molar-refractivity contribution in [2.75, 3.05) is 19.8 Å². The van der Waals surface area contributed by atoms with Gasteiger partial charge in [0.25, 0.3) is 0 Å². The molecular weight excluding hydrogens is 741 g/mol. The van der Waals surface area contributed by atoms with Crippen LogP contribution >= 0.6 is 0 Å². The molecule has 0 aromatic rings. The van der Waals surface area contributed by atoms with Gasteiger partial charge in [-0.1, -0.05) is 231 Å². The molecular formula is C55H102O5. The quantitative estimate of drug-likeness (QED) is 0.0347. The maximum atomic E-state index is 12.8. The largest absolute Gasteiger partial charge is 0.462 e. The average molecular weight is 843 g/mol. The Kier molecular flexibility index (Phi) is 49.9. The van der Waals surface area contributed by atoms with Crippen molar-refractivity contribution in [2.24, 2.45) is 0 Å². The molecule has 1 atom stereocenters. The molecule has 0 N–H and O–H groups in total. The molecule has 5 heteroatoms. The molecule has 0 aliphatic heterocycles. The fourth-order valence-corrected chi connectivity index (χ4v) is 7.64. The van der Waals surface area contributed by atoms with Crippen molar-refractivity contribution in [3.05, 3.63) is 36.5 Å². The van der Waals surface area contributed by atoms with Gasteiger partial charge in [0.05, 0.1) is 6.61 Å². The summed E-state index contributed by atoms with van der Waals surface area (Å²) in [4.78, 5) is 25.4. The van der Waals surface area contributed by atoms with Gasteiger partial charge in [-0.2, -0.15) is 0 Å². The summed E-state index contributed by atoms with van der Waals surface area (Å²) in [7, 11) is 0. The molecule has 0 rings (SSSR count). The summed E-state index contributed by atoms with van der Waals surface area (Å²) in [6, 6.07) is 0. The maximum Gasteiger partial charge on any atom is 0.306 e. The normalized spacial score (nSPS) is 12.4. The van der Waals surface area contributed by atoms with E-state index in [1.54, 1.807) is 0 Å². The van der Waals surface area contributed by atoms with Gasteiger partial charge in [0.2, 0.25) is 0 Å². The maximum absolute atomic E-state index is 12.8. The van der Waals surface area contributed by atoms with Gasteiger partial charge in [-0.25, -0.2) is 0 Å². The summed E-state index contributed by atoms with van der Waals surface area (Å²) in [5, 5.41) is 0. The Hall–Kier alpha value is -1.88. The molecule has 0 heterocycles. The number of carbonyl (C=O) groups excluding carboxylic acids is 2. The molecule has 0 aromatic heterocycles. The number of esters is 2. The molecule has 0 amide bonds. The van der Waals surface area contributed by atoms with Crippen LogP contribution in [0.1, 0.15) is 278 Å². The number of hydrogen-bond acceptors (Lipinski definition) is 5. The third kappa shape index (κ3) is 48.8. The second kappa shape index (κ2) is 51.5. The summed E-state index contributed by atoms with van der Waals surface area (Å²) < 4.78 is 17.4. The zero-order valence-electron chi connectivity index (χ0n) is 40.5. The Bertz CT molecular complexity index is 955. The Morgan fingerprint density at radius 3 is 1.20 bits per heavy atom. The van der Waals surface area contributed by atoms with E-state index < -0.39 is 6.10 Å². The minimum atomic E-state index is -0.538. The number of carbonyl (C=O) groups is 2. The third-order valence-electron chi connectivity index (χ3n) is 11.6. The molecule has 0 spiro atoms. The van der Waals surface area contributed by atoms with Crippen LogP contribution in [-0.2, 0) is 23.8 Å². The van der Waals surface area contributed by atoms with E-state index in [2.05, 4.69) is 57.2 Å². The molecule has 0 fully saturated rings. The summed E-state index contributed by atoms with van der Waals surface area (Å²) in [6.45, 7) is 7.80. The van der Waals surface area contributed by atoms with E-state index in [0.29, 0.717) is 19.4 Å². The molecule has 0 unspecified atom stereocenters. The highest BCUT2D eigenvalue weighted by molar-refractivity contribution is 5.70. The van der Waals surface area contributed by atoms with Gasteiger partial charge in [0, 0.05) is 19.4 Å². The highest BCUT2D eigenvalue weighted by Crippen LogP contribution is 2.15. The van der Waals surface area contributed by atoms with Crippen LogP contribution in [-0.4, -0.2) is 37.9 Å². The van der Waals surface area contributed by atoms with Crippen molar-refractivity contribution >= 4 is 11.9 Å². The van der Waals surface area contributed by atoms with Crippen molar-refractivity contribution in [1.82, 2.24) is 0 Å². The van der Waals surface area contributed by atoms with Crippen LogP contribution in [0.2, 0.25) is 0 Å². The van der Waals surface area contributed by atoms with Crippen molar-refractivity contribution in [3.8, 4) is 0 Å². The summed E-state index contributed by atoms with van der Waals surface area (Å²) in [5.41, 5.74) is 0. The van der Waals surface area contributed by atoms with Gasteiger partial charge in [-0.15, -0.1) is 0 Å². The lowest BCUT2D eigenvalue weighted by molar-refractivity contribution is -0.163. The van der Waals surface area contributed by atoms with Gasteiger partial charge in [0.1, 0.15) is 6.61 Å². The summed E-state index contributed by atoms with van der Waals surface area (Å²) in [5.74, 6) is -0.404. The third-order valence-corrected chi connectivity index (χ3v) is 11.6. The number of hydrogen-bond donors (Lipinski definition) is 0. The average Bonchev–Trinajstić information content (AvgIpc) is 3.25. The molecule has 0 saturated carbocycles. The first-order chi connectivity index (χ1) is 29.6. The second-order valence-electron chi connectivity index (χ2n) is 17.8. The smallest absolute Gasteiger partial charge is 0.306 e. The zero-order valence-corrected chi connectivity index (χ0v) is 40.5. The molecule has 0 saturated heterocycles. The fraction of sp³-hybridized carbons (Fsp3) is 0.855. The van der Waals surface area contributed by atoms with Crippen molar-refractivity contribution in [2.45, 2.75) is 284 Å². The van der Waals surface area contributed by atoms with Crippen molar-refractivity contribution in [3.63, 3.8) is 0 Å². The Labute approximate surface area is 374 Å². The zero-order chi connectivity index (χ0) is 43.5.